The standard InChI is InChI=1S/C21H28N4O2/c1-15(2)13-24-14-22-23-21(24)18-5-4-12-25(18)20(27)11-10-19(26)17-8-6-16(3)7-9-17/h6-9,14-15,18H,4-5,10-13H2,1-3H3. The second kappa shape index (κ2) is 8.46. The highest BCUT2D eigenvalue weighted by atomic mass is 16.2. The second-order valence-corrected chi connectivity index (χ2v) is 7.77. The first kappa shape index (κ1) is 19.3. The summed E-state index contributed by atoms with van der Waals surface area (Å²) in [5, 5.41) is 8.34. The van der Waals surface area contributed by atoms with Crippen molar-refractivity contribution in [3.05, 3.63) is 47.5 Å². The van der Waals surface area contributed by atoms with Crippen LogP contribution in [0.5, 0.6) is 0 Å². The van der Waals surface area contributed by atoms with Crippen molar-refractivity contribution in [3.63, 3.8) is 0 Å². The molecule has 3 rings (SSSR count). The molecule has 1 aromatic heterocycles. The molecule has 0 N–H and O–H groups in total. The maximum atomic E-state index is 12.8. The van der Waals surface area contributed by atoms with Gasteiger partial charge in [-0.15, -0.1) is 10.2 Å². The molecule has 1 saturated heterocycles. The number of hydrogen-bond acceptors (Lipinski definition) is 4. The van der Waals surface area contributed by atoms with Crippen molar-refractivity contribution in [1.29, 1.82) is 0 Å². The highest BCUT2D eigenvalue weighted by molar-refractivity contribution is 5.98. The van der Waals surface area contributed by atoms with E-state index in [1.54, 1.807) is 6.33 Å². The largest absolute Gasteiger partial charge is 0.332 e. The van der Waals surface area contributed by atoms with Crippen LogP contribution in [0.15, 0.2) is 30.6 Å². The summed E-state index contributed by atoms with van der Waals surface area (Å²) < 4.78 is 2.05. The van der Waals surface area contributed by atoms with Gasteiger partial charge in [-0.1, -0.05) is 43.7 Å². The number of hydrogen-bond donors (Lipinski definition) is 0. The van der Waals surface area contributed by atoms with E-state index < -0.39 is 0 Å². The van der Waals surface area contributed by atoms with E-state index in [0.29, 0.717) is 11.5 Å². The number of Topliss-reactive ketones (excluding diaryl/α,β-unsaturated/α-hetero) is 1. The molecule has 0 aliphatic carbocycles. The minimum Gasteiger partial charge on any atom is -0.332 e. The van der Waals surface area contributed by atoms with E-state index in [9.17, 15) is 9.59 Å². The number of ketones is 1. The molecule has 1 unspecified atom stereocenters. The summed E-state index contributed by atoms with van der Waals surface area (Å²) in [5.41, 5.74) is 1.79. The molecule has 0 bridgehead atoms. The average Bonchev–Trinajstić information content (AvgIpc) is 3.28. The zero-order valence-corrected chi connectivity index (χ0v) is 16.4. The Hall–Kier alpha value is -2.50. The predicted molar refractivity (Wildman–Crippen MR) is 103 cm³/mol. The van der Waals surface area contributed by atoms with Crippen molar-refractivity contribution < 1.29 is 9.59 Å². The second-order valence-electron chi connectivity index (χ2n) is 7.77. The zero-order valence-electron chi connectivity index (χ0n) is 16.4. The van der Waals surface area contributed by atoms with E-state index in [4.69, 9.17) is 0 Å². The summed E-state index contributed by atoms with van der Waals surface area (Å²) in [6, 6.07) is 7.47. The van der Waals surface area contributed by atoms with E-state index in [-0.39, 0.29) is 30.6 Å². The van der Waals surface area contributed by atoms with Gasteiger partial charge >= 0.3 is 0 Å². The van der Waals surface area contributed by atoms with Crippen LogP contribution in [0.4, 0.5) is 0 Å². The maximum Gasteiger partial charge on any atom is 0.223 e. The third-order valence-corrected chi connectivity index (χ3v) is 5.02. The van der Waals surface area contributed by atoms with Crippen molar-refractivity contribution in [2.45, 2.75) is 59.0 Å². The number of aryl methyl sites for hydroxylation is 1. The molecule has 6 nitrogen and oxygen atoms in total. The van der Waals surface area contributed by atoms with E-state index in [1.165, 1.54) is 0 Å². The number of nitrogens with zero attached hydrogens (tertiary/aromatic N) is 4. The highest BCUT2D eigenvalue weighted by Crippen LogP contribution is 2.31. The summed E-state index contributed by atoms with van der Waals surface area (Å²) >= 11 is 0. The van der Waals surface area contributed by atoms with Gasteiger partial charge in [0.1, 0.15) is 6.33 Å². The minimum absolute atomic E-state index is 0.0158. The van der Waals surface area contributed by atoms with Crippen LogP contribution >= 0.6 is 0 Å². The van der Waals surface area contributed by atoms with Gasteiger partial charge in [0.15, 0.2) is 11.6 Å². The van der Waals surface area contributed by atoms with Gasteiger partial charge in [-0.3, -0.25) is 9.59 Å². The van der Waals surface area contributed by atoms with Crippen molar-refractivity contribution in [2.75, 3.05) is 6.54 Å². The van der Waals surface area contributed by atoms with Gasteiger partial charge in [-0.25, -0.2) is 0 Å². The third-order valence-electron chi connectivity index (χ3n) is 5.02. The summed E-state index contributed by atoms with van der Waals surface area (Å²) in [7, 11) is 0. The van der Waals surface area contributed by atoms with Crippen LogP contribution in [0.1, 0.15) is 67.3 Å². The molecule has 0 spiro atoms. The third kappa shape index (κ3) is 4.62. The molecule has 2 heterocycles. The lowest BCUT2D eigenvalue weighted by Gasteiger charge is -2.25. The van der Waals surface area contributed by atoms with Crippen LogP contribution in [0, 0.1) is 12.8 Å². The molecule has 1 aliphatic rings. The Morgan fingerprint density at radius 2 is 1.93 bits per heavy atom. The molecule has 2 aromatic rings. The smallest absolute Gasteiger partial charge is 0.223 e. The Morgan fingerprint density at radius 1 is 1.19 bits per heavy atom. The lowest BCUT2D eigenvalue weighted by Crippen LogP contribution is -2.32. The Morgan fingerprint density at radius 3 is 2.63 bits per heavy atom. The van der Waals surface area contributed by atoms with Crippen LogP contribution in [0.2, 0.25) is 0 Å². The first-order valence-electron chi connectivity index (χ1n) is 9.72. The quantitative estimate of drug-likeness (QED) is 0.701. The Balaban J connectivity index is 1.63. The van der Waals surface area contributed by atoms with Gasteiger partial charge in [-0.05, 0) is 25.7 Å². The lowest BCUT2D eigenvalue weighted by atomic mass is 10.0. The summed E-state index contributed by atoms with van der Waals surface area (Å²) in [5.74, 6) is 1.39. The fourth-order valence-corrected chi connectivity index (χ4v) is 3.64. The molecule has 0 radical (unpaired) electrons. The molecule has 1 aromatic carbocycles. The van der Waals surface area contributed by atoms with E-state index in [0.717, 1.165) is 37.3 Å². The van der Waals surface area contributed by atoms with Gasteiger partial charge in [0, 0.05) is 31.5 Å². The number of aromatic nitrogens is 3. The molecule has 1 fully saturated rings. The predicted octanol–water partition coefficient (Wildman–Crippen LogP) is 3.57. The summed E-state index contributed by atoms with van der Waals surface area (Å²) in [6.45, 7) is 7.85. The number of rotatable bonds is 7. The zero-order chi connectivity index (χ0) is 19.4. The van der Waals surface area contributed by atoms with Crippen molar-refractivity contribution in [3.8, 4) is 0 Å². The van der Waals surface area contributed by atoms with E-state index in [2.05, 4.69) is 28.6 Å². The molecule has 6 heteroatoms. The average molecular weight is 368 g/mol. The lowest BCUT2D eigenvalue weighted by molar-refractivity contribution is -0.132. The van der Waals surface area contributed by atoms with Crippen LogP contribution in [0.25, 0.3) is 0 Å². The van der Waals surface area contributed by atoms with Gasteiger partial charge < -0.3 is 9.47 Å². The molecule has 1 atom stereocenters. The van der Waals surface area contributed by atoms with Gasteiger partial charge in [0.2, 0.25) is 5.91 Å². The Bertz CT molecular complexity index is 795. The fraction of sp³-hybridized carbons (Fsp3) is 0.524. The SMILES string of the molecule is Cc1ccc(C(=O)CCC(=O)N2CCCC2c2nncn2CC(C)C)cc1. The summed E-state index contributed by atoms with van der Waals surface area (Å²) in [4.78, 5) is 27.0. The fourth-order valence-electron chi connectivity index (χ4n) is 3.64. The number of amides is 1. The highest BCUT2D eigenvalue weighted by Gasteiger charge is 2.33. The molecular weight excluding hydrogens is 340 g/mol. The van der Waals surface area contributed by atoms with Crippen molar-refractivity contribution >= 4 is 11.7 Å². The molecule has 1 amide bonds. The van der Waals surface area contributed by atoms with Gasteiger partial charge in [0.25, 0.3) is 0 Å². The monoisotopic (exact) mass is 368 g/mol. The number of carbonyl (C=O) groups excluding carboxylic acids is 2. The number of benzene rings is 1. The van der Waals surface area contributed by atoms with Crippen LogP contribution in [-0.4, -0.2) is 37.9 Å². The van der Waals surface area contributed by atoms with Gasteiger partial charge in [0.05, 0.1) is 6.04 Å². The molecule has 144 valence electrons. The minimum atomic E-state index is -0.0340. The molecule has 0 saturated carbocycles. The normalized spacial score (nSPS) is 16.9. The van der Waals surface area contributed by atoms with E-state index >= 15 is 0 Å². The van der Waals surface area contributed by atoms with Gasteiger partial charge in [-0.2, -0.15) is 0 Å². The Labute approximate surface area is 160 Å². The van der Waals surface area contributed by atoms with E-state index in [1.807, 2.05) is 36.1 Å². The summed E-state index contributed by atoms with van der Waals surface area (Å²) in [6.07, 6.45) is 4.08. The number of carbonyl (C=O) groups is 2. The topological polar surface area (TPSA) is 68.1 Å². The van der Waals surface area contributed by atoms with Crippen molar-refractivity contribution in [1.82, 2.24) is 19.7 Å². The first-order chi connectivity index (χ1) is 13.0. The molecule has 1 aliphatic heterocycles. The Kier molecular flexibility index (Phi) is 6.04. The maximum absolute atomic E-state index is 12.8. The van der Waals surface area contributed by atoms with Crippen LogP contribution in [0.3, 0.4) is 0 Å². The van der Waals surface area contributed by atoms with Crippen molar-refractivity contribution in [2.24, 2.45) is 5.92 Å². The van der Waals surface area contributed by atoms with Crippen LogP contribution < -0.4 is 0 Å². The van der Waals surface area contributed by atoms with Crippen LogP contribution in [-0.2, 0) is 11.3 Å². The molecular formula is C21H28N4O2. The number of likely N-dealkylation sites (tertiary alicyclic amines) is 1. The molecule has 27 heavy (non-hydrogen) atoms. The first-order valence-corrected chi connectivity index (χ1v) is 9.72.